The molecule has 1 amide bonds. The second-order valence-corrected chi connectivity index (χ2v) is 6.37. The van der Waals surface area contributed by atoms with E-state index in [0.717, 1.165) is 31.5 Å². The summed E-state index contributed by atoms with van der Waals surface area (Å²) in [6.07, 6.45) is 2.03. The predicted molar refractivity (Wildman–Crippen MR) is 83.1 cm³/mol. The molecule has 2 rings (SSSR count). The van der Waals surface area contributed by atoms with Crippen molar-refractivity contribution in [2.24, 2.45) is 0 Å². The van der Waals surface area contributed by atoms with Crippen LogP contribution in [0.4, 0.5) is 0 Å². The minimum Gasteiger partial charge on any atom is -0.342 e. The largest absolute Gasteiger partial charge is 0.342 e. The number of likely N-dealkylation sites (tertiary alicyclic amines) is 1. The van der Waals surface area contributed by atoms with E-state index in [0.29, 0.717) is 11.1 Å². The lowest BCUT2D eigenvalue weighted by molar-refractivity contribution is -0.137. The monoisotopic (exact) mass is 294 g/mol. The van der Waals surface area contributed by atoms with Crippen LogP contribution in [0.2, 0.25) is 5.02 Å². The van der Waals surface area contributed by atoms with Crippen molar-refractivity contribution in [3.63, 3.8) is 0 Å². The number of rotatable bonds is 3. The number of halogens is 1. The molecule has 110 valence electrons. The van der Waals surface area contributed by atoms with Crippen molar-refractivity contribution in [3.8, 4) is 0 Å². The fourth-order valence-electron chi connectivity index (χ4n) is 2.85. The summed E-state index contributed by atoms with van der Waals surface area (Å²) in [7, 11) is 1.98. The highest BCUT2D eigenvalue weighted by molar-refractivity contribution is 6.31. The second-order valence-electron chi connectivity index (χ2n) is 5.96. The third kappa shape index (κ3) is 2.99. The van der Waals surface area contributed by atoms with E-state index in [1.54, 1.807) is 0 Å². The first-order chi connectivity index (χ1) is 9.46. The number of piperidine rings is 1. The van der Waals surface area contributed by atoms with Gasteiger partial charge in [-0.1, -0.05) is 29.8 Å². The maximum atomic E-state index is 12.8. The zero-order valence-electron chi connectivity index (χ0n) is 12.4. The number of hydrogen-bond acceptors (Lipinski definition) is 2. The van der Waals surface area contributed by atoms with Crippen LogP contribution in [0.15, 0.2) is 24.3 Å². The van der Waals surface area contributed by atoms with Crippen LogP contribution in [0.1, 0.15) is 32.3 Å². The highest BCUT2D eigenvalue weighted by atomic mass is 35.5. The Labute approximate surface area is 126 Å². The average molecular weight is 295 g/mol. The summed E-state index contributed by atoms with van der Waals surface area (Å²) in [5, 5.41) is 3.95. The van der Waals surface area contributed by atoms with Crippen LogP contribution < -0.4 is 5.32 Å². The predicted octanol–water partition coefficient (Wildman–Crippen LogP) is 2.83. The SMILES string of the molecule is CNC1CCN(C(=O)C(C)(C)c2ccccc2Cl)CC1. The molecular formula is C16H23ClN2O. The first-order valence-electron chi connectivity index (χ1n) is 7.18. The van der Waals surface area contributed by atoms with Crippen LogP contribution in [0.5, 0.6) is 0 Å². The minimum atomic E-state index is -0.579. The van der Waals surface area contributed by atoms with Crippen molar-refractivity contribution in [1.82, 2.24) is 10.2 Å². The third-order valence-corrected chi connectivity index (χ3v) is 4.60. The van der Waals surface area contributed by atoms with Crippen LogP contribution in [0.25, 0.3) is 0 Å². The van der Waals surface area contributed by atoms with E-state index >= 15 is 0 Å². The van der Waals surface area contributed by atoms with Gasteiger partial charge in [-0.3, -0.25) is 4.79 Å². The zero-order valence-corrected chi connectivity index (χ0v) is 13.2. The topological polar surface area (TPSA) is 32.3 Å². The Morgan fingerprint density at radius 3 is 2.45 bits per heavy atom. The van der Waals surface area contributed by atoms with Crippen molar-refractivity contribution in [1.29, 1.82) is 0 Å². The summed E-state index contributed by atoms with van der Waals surface area (Å²) in [4.78, 5) is 14.8. The molecule has 0 atom stereocenters. The van der Waals surface area contributed by atoms with Gasteiger partial charge in [0.25, 0.3) is 0 Å². The number of carbonyl (C=O) groups is 1. The van der Waals surface area contributed by atoms with Crippen LogP contribution in [0.3, 0.4) is 0 Å². The maximum Gasteiger partial charge on any atom is 0.232 e. The average Bonchev–Trinajstić information content (AvgIpc) is 2.47. The number of nitrogens with one attached hydrogen (secondary N) is 1. The number of carbonyl (C=O) groups excluding carboxylic acids is 1. The first-order valence-corrected chi connectivity index (χ1v) is 7.56. The van der Waals surface area contributed by atoms with Crippen LogP contribution in [0, 0.1) is 0 Å². The van der Waals surface area contributed by atoms with Gasteiger partial charge in [0.1, 0.15) is 0 Å². The molecule has 0 spiro atoms. The Bertz CT molecular complexity index is 479. The van der Waals surface area contributed by atoms with E-state index in [4.69, 9.17) is 11.6 Å². The van der Waals surface area contributed by atoms with Gasteiger partial charge in [-0.15, -0.1) is 0 Å². The van der Waals surface area contributed by atoms with Crippen molar-refractivity contribution >= 4 is 17.5 Å². The maximum absolute atomic E-state index is 12.8. The Kier molecular flexibility index (Phi) is 4.71. The summed E-state index contributed by atoms with van der Waals surface area (Å²) in [5.41, 5.74) is 0.326. The van der Waals surface area contributed by atoms with E-state index in [-0.39, 0.29) is 5.91 Å². The second kappa shape index (κ2) is 6.15. The molecule has 3 nitrogen and oxygen atoms in total. The molecule has 1 aromatic carbocycles. The van der Waals surface area contributed by atoms with Gasteiger partial charge in [0.2, 0.25) is 5.91 Å². The number of nitrogens with zero attached hydrogens (tertiary/aromatic N) is 1. The summed E-state index contributed by atoms with van der Waals surface area (Å²) >= 11 is 6.26. The highest BCUT2D eigenvalue weighted by Crippen LogP contribution is 2.32. The molecule has 1 heterocycles. The van der Waals surface area contributed by atoms with Gasteiger partial charge in [0.05, 0.1) is 5.41 Å². The highest BCUT2D eigenvalue weighted by Gasteiger charge is 2.36. The van der Waals surface area contributed by atoms with Gasteiger partial charge in [-0.2, -0.15) is 0 Å². The van der Waals surface area contributed by atoms with E-state index in [1.165, 1.54) is 0 Å². The van der Waals surface area contributed by atoms with Gasteiger partial charge in [-0.05, 0) is 45.4 Å². The molecule has 1 saturated heterocycles. The molecule has 0 bridgehead atoms. The molecule has 1 aliphatic rings. The molecule has 1 N–H and O–H groups in total. The lowest BCUT2D eigenvalue weighted by Crippen LogP contribution is -2.49. The molecule has 1 aromatic rings. The lowest BCUT2D eigenvalue weighted by atomic mass is 9.82. The van der Waals surface area contributed by atoms with Crippen molar-refractivity contribution in [3.05, 3.63) is 34.9 Å². The molecule has 0 unspecified atom stereocenters. The van der Waals surface area contributed by atoms with Crippen LogP contribution in [-0.2, 0) is 10.2 Å². The van der Waals surface area contributed by atoms with E-state index in [2.05, 4.69) is 5.32 Å². The molecule has 0 aromatic heterocycles. The zero-order chi connectivity index (χ0) is 14.8. The molecule has 0 aliphatic carbocycles. The number of hydrogen-bond donors (Lipinski definition) is 1. The molecule has 1 aliphatic heterocycles. The standard InChI is InChI=1S/C16H23ClN2O/c1-16(2,13-6-4-5-7-14(13)17)15(20)19-10-8-12(18-3)9-11-19/h4-7,12,18H,8-11H2,1-3H3. The minimum absolute atomic E-state index is 0.167. The first kappa shape index (κ1) is 15.3. The van der Waals surface area contributed by atoms with Gasteiger partial charge in [0.15, 0.2) is 0 Å². The normalized spacial score (nSPS) is 17.3. The Hall–Kier alpha value is -1.06. The summed E-state index contributed by atoms with van der Waals surface area (Å²) in [6.45, 7) is 5.55. The Morgan fingerprint density at radius 1 is 1.30 bits per heavy atom. The van der Waals surface area contributed by atoms with E-state index in [1.807, 2.05) is 50.1 Å². The van der Waals surface area contributed by atoms with Crippen molar-refractivity contribution in [2.75, 3.05) is 20.1 Å². The summed E-state index contributed by atoms with van der Waals surface area (Å²) < 4.78 is 0. The van der Waals surface area contributed by atoms with Gasteiger partial charge >= 0.3 is 0 Å². The fraction of sp³-hybridized carbons (Fsp3) is 0.562. The van der Waals surface area contributed by atoms with Gasteiger partial charge in [-0.25, -0.2) is 0 Å². The molecule has 4 heteroatoms. The molecule has 0 saturated carbocycles. The number of amides is 1. The molecule has 1 fully saturated rings. The van der Waals surface area contributed by atoms with Gasteiger partial charge < -0.3 is 10.2 Å². The van der Waals surface area contributed by atoms with Crippen LogP contribution >= 0.6 is 11.6 Å². The quantitative estimate of drug-likeness (QED) is 0.930. The molecular weight excluding hydrogens is 272 g/mol. The fourth-order valence-corrected chi connectivity index (χ4v) is 3.22. The summed E-state index contributed by atoms with van der Waals surface area (Å²) in [6, 6.07) is 8.15. The summed E-state index contributed by atoms with van der Waals surface area (Å²) in [5.74, 6) is 0.167. The Morgan fingerprint density at radius 2 is 1.90 bits per heavy atom. The Balaban J connectivity index is 2.14. The smallest absolute Gasteiger partial charge is 0.232 e. The van der Waals surface area contributed by atoms with Crippen molar-refractivity contribution in [2.45, 2.75) is 38.1 Å². The van der Waals surface area contributed by atoms with Crippen LogP contribution in [-0.4, -0.2) is 37.0 Å². The number of benzene rings is 1. The third-order valence-electron chi connectivity index (χ3n) is 4.27. The van der Waals surface area contributed by atoms with Crippen molar-refractivity contribution < 1.29 is 4.79 Å². The molecule has 0 radical (unpaired) electrons. The van der Waals surface area contributed by atoms with Gasteiger partial charge in [0, 0.05) is 24.2 Å². The molecule has 20 heavy (non-hydrogen) atoms. The lowest BCUT2D eigenvalue weighted by Gasteiger charge is -2.37. The van der Waals surface area contributed by atoms with E-state index < -0.39 is 5.41 Å². The van der Waals surface area contributed by atoms with E-state index in [9.17, 15) is 4.79 Å².